The average molecular weight is 320 g/mol. The fourth-order valence-electron chi connectivity index (χ4n) is 2.65. The van der Waals surface area contributed by atoms with E-state index in [0.29, 0.717) is 23.9 Å². The van der Waals surface area contributed by atoms with Crippen LogP contribution in [0.25, 0.3) is 0 Å². The largest absolute Gasteiger partial charge is 0.481 e. The van der Waals surface area contributed by atoms with Crippen LogP contribution in [0.2, 0.25) is 0 Å². The highest BCUT2D eigenvalue weighted by Gasteiger charge is 2.35. The van der Waals surface area contributed by atoms with Gasteiger partial charge in [0.1, 0.15) is 5.75 Å². The molecule has 0 aliphatic heterocycles. The van der Waals surface area contributed by atoms with E-state index in [4.69, 9.17) is 10.00 Å². The van der Waals surface area contributed by atoms with Crippen LogP contribution in [0, 0.1) is 11.3 Å². The molecule has 1 atom stereocenters. The summed E-state index contributed by atoms with van der Waals surface area (Å²) in [6, 6.07) is 19.2. The minimum Gasteiger partial charge on any atom is -0.481 e. The van der Waals surface area contributed by atoms with Crippen molar-refractivity contribution < 1.29 is 9.53 Å². The van der Waals surface area contributed by atoms with Gasteiger partial charge in [0.05, 0.1) is 11.6 Å². The number of ether oxygens (including phenoxy) is 1. The van der Waals surface area contributed by atoms with E-state index in [-0.39, 0.29) is 5.91 Å². The summed E-state index contributed by atoms with van der Waals surface area (Å²) in [7, 11) is 0. The Hall–Kier alpha value is -2.80. The summed E-state index contributed by atoms with van der Waals surface area (Å²) in [5.41, 5.74) is 1.70. The zero-order valence-corrected chi connectivity index (χ0v) is 13.7. The SMILES string of the molecule is CC(Oc1ccc(C#N)cc1)C(=O)N(Cc1ccccc1)C1CC1. The van der Waals surface area contributed by atoms with E-state index in [1.54, 1.807) is 31.2 Å². The first-order chi connectivity index (χ1) is 11.7. The van der Waals surface area contributed by atoms with Crippen LogP contribution in [0.15, 0.2) is 54.6 Å². The minimum atomic E-state index is -0.553. The van der Waals surface area contributed by atoms with Gasteiger partial charge >= 0.3 is 0 Å². The van der Waals surface area contributed by atoms with Crippen molar-refractivity contribution in [3.05, 3.63) is 65.7 Å². The zero-order valence-electron chi connectivity index (χ0n) is 13.7. The van der Waals surface area contributed by atoms with Gasteiger partial charge in [0.25, 0.3) is 5.91 Å². The quantitative estimate of drug-likeness (QED) is 0.818. The molecule has 0 aromatic heterocycles. The van der Waals surface area contributed by atoms with Crippen LogP contribution in [-0.2, 0) is 11.3 Å². The van der Waals surface area contributed by atoms with Crippen molar-refractivity contribution in [3.63, 3.8) is 0 Å². The lowest BCUT2D eigenvalue weighted by Crippen LogP contribution is -2.41. The molecule has 1 aliphatic rings. The lowest BCUT2D eigenvalue weighted by molar-refractivity contribution is -0.139. The normalized spacial score (nSPS) is 14.5. The molecule has 1 amide bonds. The first-order valence-electron chi connectivity index (χ1n) is 8.18. The Bertz CT molecular complexity index is 730. The number of hydrogen-bond acceptors (Lipinski definition) is 3. The summed E-state index contributed by atoms with van der Waals surface area (Å²) >= 11 is 0. The van der Waals surface area contributed by atoms with Gasteiger partial charge in [-0.1, -0.05) is 30.3 Å². The maximum atomic E-state index is 12.8. The average Bonchev–Trinajstić information content (AvgIpc) is 3.45. The third kappa shape index (κ3) is 3.94. The Kier molecular flexibility index (Phi) is 4.81. The van der Waals surface area contributed by atoms with Gasteiger partial charge in [-0.05, 0) is 49.6 Å². The maximum absolute atomic E-state index is 12.8. The number of nitrogens with zero attached hydrogens (tertiary/aromatic N) is 2. The highest BCUT2D eigenvalue weighted by molar-refractivity contribution is 5.81. The number of nitriles is 1. The molecule has 0 bridgehead atoms. The first-order valence-corrected chi connectivity index (χ1v) is 8.18. The Morgan fingerprint density at radius 2 is 1.88 bits per heavy atom. The lowest BCUT2D eigenvalue weighted by atomic mass is 10.2. The van der Waals surface area contributed by atoms with Crippen molar-refractivity contribution in [2.24, 2.45) is 0 Å². The second-order valence-electron chi connectivity index (χ2n) is 6.08. The van der Waals surface area contributed by atoms with E-state index in [2.05, 4.69) is 6.07 Å². The molecular formula is C20H20N2O2. The van der Waals surface area contributed by atoms with Crippen LogP contribution in [-0.4, -0.2) is 23.0 Å². The number of amides is 1. The van der Waals surface area contributed by atoms with Crippen molar-refractivity contribution in [2.45, 2.75) is 38.5 Å². The Morgan fingerprint density at radius 3 is 2.46 bits per heavy atom. The van der Waals surface area contributed by atoms with Crippen molar-refractivity contribution in [1.82, 2.24) is 4.90 Å². The van der Waals surface area contributed by atoms with Crippen LogP contribution < -0.4 is 4.74 Å². The number of carbonyl (C=O) groups is 1. The lowest BCUT2D eigenvalue weighted by Gasteiger charge is -2.26. The molecule has 3 rings (SSSR count). The van der Waals surface area contributed by atoms with Crippen LogP contribution in [0.1, 0.15) is 30.9 Å². The Morgan fingerprint density at radius 1 is 1.21 bits per heavy atom. The van der Waals surface area contributed by atoms with E-state index in [0.717, 1.165) is 18.4 Å². The predicted molar refractivity (Wildman–Crippen MR) is 91.3 cm³/mol. The summed E-state index contributed by atoms with van der Waals surface area (Å²) < 4.78 is 5.77. The summed E-state index contributed by atoms with van der Waals surface area (Å²) in [5, 5.41) is 8.83. The van der Waals surface area contributed by atoms with Gasteiger partial charge in [-0.15, -0.1) is 0 Å². The Balaban J connectivity index is 1.66. The second kappa shape index (κ2) is 7.18. The molecule has 0 heterocycles. The van der Waals surface area contributed by atoms with E-state index < -0.39 is 6.10 Å². The van der Waals surface area contributed by atoms with Crippen LogP contribution >= 0.6 is 0 Å². The monoisotopic (exact) mass is 320 g/mol. The van der Waals surface area contributed by atoms with Crippen LogP contribution in [0.3, 0.4) is 0 Å². The van der Waals surface area contributed by atoms with E-state index in [9.17, 15) is 4.79 Å². The summed E-state index contributed by atoms with van der Waals surface area (Å²) in [6.07, 6.45) is 1.56. The molecule has 1 aliphatic carbocycles. The zero-order chi connectivity index (χ0) is 16.9. The van der Waals surface area contributed by atoms with E-state index in [1.807, 2.05) is 35.2 Å². The van der Waals surface area contributed by atoms with Gasteiger partial charge in [0.2, 0.25) is 0 Å². The van der Waals surface area contributed by atoms with Gasteiger partial charge in [0, 0.05) is 12.6 Å². The van der Waals surface area contributed by atoms with Gasteiger partial charge in [0.15, 0.2) is 6.10 Å². The van der Waals surface area contributed by atoms with E-state index >= 15 is 0 Å². The molecule has 4 nitrogen and oxygen atoms in total. The predicted octanol–water partition coefficient (Wildman–Crippen LogP) is 3.52. The standard InChI is InChI=1S/C20H20N2O2/c1-15(24-19-11-7-16(13-21)8-12-19)20(23)22(18-9-10-18)14-17-5-3-2-4-6-17/h2-8,11-12,15,18H,9-10,14H2,1H3. The molecule has 122 valence electrons. The highest BCUT2D eigenvalue weighted by Crippen LogP contribution is 2.29. The van der Waals surface area contributed by atoms with Gasteiger partial charge in [-0.25, -0.2) is 0 Å². The van der Waals surface area contributed by atoms with Crippen molar-refractivity contribution in [1.29, 1.82) is 5.26 Å². The number of benzene rings is 2. The molecule has 1 unspecified atom stereocenters. The molecular weight excluding hydrogens is 300 g/mol. The number of carbonyl (C=O) groups excluding carboxylic acids is 1. The molecule has 0 radical (unpaired) electrons. The minimum absolute atomic E-state index is 0.00529. The van der Waals surface area contributed by atoms with Crippen LogP contribution in [0.5, 0.6) is 5.75 Å². The molecule has 2 aromatic rings. The first kappa shape index (κ1) is 16.1. The highest BCUT2D eigenvalue weighted by atomic mass is 16.5. The third-order valence-electron chi connectivity index (χ3n) is 4.11. The fourth-order valence-corrected chi connectivity index (χ4v) is 2.65. The van der Waals surface area contributed by atoms with Crippen LogP contribution in [0.4, 0.5) is 0 Å². The van der Waals surface area contributed by atoms with Gasteiger partial charge in [-0.2, -0.15) is 5.26 Å². The smallest absolute Gasteiger partial charge is 0.263 e. The van der Waals surface area contributed by atoms with Gasteiger partial charge < -0.3 is 9.64 Å². The maximum Gasteiger partial charge on any atom is 0.263 e. The number of rotatable bonds is 6. The Labute approximate surface area is 142 Å². The summed E-state index contributed by atoms with van der Waals surface area (Å²) in [5.74, 6) is 0.607. The molecule has 1 fully saturated rings. The molecule has 24 heavy (non-hydrogen) atoms. The molecule has 0 spiro atoms. The molecule has 0 N–H and O–H groups in total. The summed E-state index contributed by atoms with van der Waals surface area (Å²) in [4.78, 5) is 14.7. The molecule has 4 heteroatoms. The van der Waals surface area contributed by atoms with Crippen molar-refractivity contribution in [2.75, 3.05) is 0 Å². The van der Waals surface area contributed by atoms with E-state index in [1.165, 1.54) is 0 Å². The molecule has 0 saturated heterocycles. The summed E-state index contributed by atoms with van der Waals surface area (Å²) in [6.45, 7) is 2.40. The third-order valence-corrected chi connectivity index (χ3v) is 4.11. The van der Waals surface area contributed by atoms with Crippen molar-refractivity contribution >= 4 is 5.91 Å². The fraction of sp³-hybridized carbons (Fsp3) is 0.300. The van der Waals surface area contributed by atoms with Gasteiger partial charge in [-0.3, -0.25) is 4.79 Å². The second-order valence-corrected chi connectivity index (χ2v) is 6.08. The number of hydrogen-bond donors (Lipinski definition) is 0. The topological polar surface area (TPSA) is 53.3 Å². The molecule has 1 saturated carbocycles. The van der Waals surface area contributed by atoms with Crippen molar-refractivity contribution in [3.8, 4) is 11.8 Å². The molecule has 2 aromatic carbocycles.